The number of pyridine rings is 1. The molecule has 1 amide bonds. The number of aryl methyl sites for hydroxylation is 1. The van der Waals surface area contributed by atoms with E-state index in [1.54, 1.807) is 12.1 Å². The largest absolute Gasteiger partial charge is 0.350 e. The van der Waals surface area contributed by atoms with Crippen molar-refractivity contribution in [3.8, 4) is 21.1 Å². The summed E-state index contributed by atoms with van der Waals surface area (Å²) in [7, 11) is 0. The van der Waals surface area contributed by atoms with E-state index in [-0.39, 0.29) is 24.2 Å². The minimum absolute atomic E-state index is 0.0188. The van der Waals surface area contributed by atoms with Crippen molar-refractivity contribution in [1.82, 2.24) is 25.1 Å². The van der Waals surface area contributed by atoms with Gasteiger partial charge < -0.3 is 10.3 Å². The lowest BCUT2D eigenvalue weighted by molar-refractivity contribution is 0.0950. The highest BCUT2D eigenvalue weighted by molar-refractivity contribution is 7.18. The van der Waals surface area contributed by atoms with Gasteiger partial charge in [-0.25, -0.2) is 9.67 Å². The third-order valence-electron chi connectivity index (χ3n) is 4.59. The van der Waals surface area contributed by atoms with E-state index < -0.39 is 11.5 Å². The molecule has 9 heteroatoms. The van der Waals surface area contributed by atoms with Gasteiger partial charge in [-0.1, -0.05) is 30.3 Å². The molecule has 0 saturated heterocycles. The molecule has 0 aliphatic rings. The molecule has 0 atom stereocenters. The van der Waals surface area contributed by atoms with Gasteiger partial charge in [0.15, 0.2) is 0 Å². The average molecular weight is 433 g/mol. The first kappa shape index (κ1) is 20.4. The van der Waals surface area contributed by atoms with Crippen molar-refractivity contribution in [2.75, 3.05) is 6.54 Å². The Balaban J connectivity index is 1.51. The summed E-state index contributed by atoms with van der Waals surface area (Å²) < 4.78 is 1.30. The number of benzene rings is 1. The highest BCUT2D eigenvalue weighted by Crippen LogP contribution is 2.33. The van der Waals surface area contributed by atoms with E-state index in [1.165, 1.54) is 34.3 Å². The summed E-state index contributed by atoms with van der Waals surface area (Å²) in [5.41, 5.74) is 1.77. The average Bonchev–Trinajstić information content (AvgIpc) is 3.17. The summed E-state index contributed by atoms with van der Waals surface area (Å²) in [6.45, 7) is 2.24. The van der Waals surface area contributed by atoms with Gasteiger partial charge >= 0.3 is 0 Å². The molecule has 0 spiro atoms. The standard InChI is InChI=1S/C22H19N5O3S/c1-14-19(31-22(25-14)15-6-3-2-4-7-15)17-9-10-18(28)27(26-17)13-12-24-21(30)16-8-5-11-23-20(16)29/h2-11H,12-13H2,1H3,(H,23,29)(H,24,30). The number of aromatic amines is 1. The van der Waals surface area contributed by atoms with E-state index in [4.69, 9.17) is 0 Å². The third-order valence-corrected chi connectivity index (χ3v) is 5.82. The first-order chi connectivity index (χ1) is 15.0. The van der Waals surface area contributed by atoms with E-state index in [0.29, 0.717) is 5.69 Å². The van der Waals surface area contributed by atoms with Crippen molar-refractivity contribution in [3.63, 3.8) is 0 Å². The molecule has 156 valence electrons. The van der Waals surface area contributed by atoms with Gasteiger partial charge in [0.25, 0.3) is 17.0 Å². The molecule has 0 aliphatic carbocycles. The third kappa shape index (κ3) is 4.51. The van der Waals surface area contributed by atoms with Gasteiger partial charge in [-0.05, 0) is 25.1 Å². The predicted octanol–water partition coefficient (Wildman–Crippen LogP) is 2.46. The van der Waals surface area contributed by atoms with E-state index in [2.05, 4.69) is 20.4 Å². The van der Waals surface area contributed by atoms with Gasteiger partial charge in [-0.2, -0.15) is 5.10 Å². The lowest BCUT2D eigenvalue weighted by Gasteiger charge is -2.08. The van der Waals surface area contributed by atoms with E-state index in [9.17, 15) is 14.4 Å². The van der Waals surface area contributed by atoms with Crippen LogP contribution in [0.2, 0.25) is 0 Å². The monoisotopic (exact) mass is 433 g/mol. The Kier molecular flexibility index (Phi) is 5.85. The fraction of sp³-hybridized carbons (Fsp3) is 0.136. The quantitative estimate of drug-likeness (QED) is 0.485. The summed E-state index contributed by atoms with van der Waals surface area (Å²) >= 11 is 1.51. The molecule has 3 aromatic heterocycles. The number of hydrogen-bond donors (Lipinski definition) is 2. The smallest absolute Gasteiger partial charge is 0.266 e. The van der Waals surface area contributed by atoms with Crippen molar-refractivity contribution < 1.29 is 4.79 Å². The molecular formula is C22H19N5O3S. The van der Waals surface area contributed by atoms with Crippen molar-refractivity contribution in [2.24, 2.45) is 0 Å². The minimum Gasteiger partial charge on any atom is -0.350 e. The van der Waals surface area contributed by atoms with Crippen molar-refractivity contribution in [3.05, 3.63) is 92.8 Å². The molecule has 0 aliphatic heterocycles. The van der Waals surface area contributed by atoms with Crippen LogP contribution in [0.5, 0.6) is 0 Å². The lowest BCUT2D eigenvalue weighted by atomic mass is 10.2. The summed E-state index contributed by atoms with van der Waals surface area (Å²) in [5, 5.41) is 7.98. The lowest BCUT2D eigenvalue weighted by Crippen LogP contribution is -2.34. The van der Waals surface area contributed by atoms with Gasteiger partial charge in [0.05, 0.1) is 17.1 Å². The number of nitrogens with one attached hydrogen (secondary N) is 2. The molecule has 0 saturated carbocycles. The normalized spacial score (nSPS) is 10.7. The molecule has 4 rings (SSSR count). The fourth-order valence-corrected chi connectivity index (χ4v) is 4.08. The second kappa shape index (κ2) is 8.88. The van der Waals surface area contributed by atoms with Crippen LogP contribution in [-0.2, 0) is 6.54 Å². The number of hydrogen-bond acceptors (Lipinski definition) is 6. The molecule has 0 bridgehead atoms. The number of nitrogens with zero attached hydrogens (tertiary/aromatic N) is 3. The first-order valence-corrected chi connectivity index (χ1v) is 10.4. The van der Waals surface area contributed by atoms with Crippen LogP contribution in [0.1, 0.15) is 16.1 Å². The number of carbonyl (C=O) groups excluding carboxylic acids is 1. The molecule has 0 fully saturated rings. The maximum absolute atomic E-state index is 12.2. The highest BCUT2D eigenvalue weighted by Gasteiger charge is 2.14. The van der Waals surface area contributed by atoms with Crippen LogP contribution < -0.4 is 16.4 Å². The van der Waals surface area contributed by atoms with E-state index in [1.807, 2.05) is 37.3 Å². The zero-order chi connectivity index (χ0) is 21.8. The summed E-state index contributed by atoms with van der Waals surface area (Å²) in [4.78, 5) is 44.1. The summed E-state index contributed by atoms with van der Waals surface area (Å²) in [5.74, 6) is -0.503. The van der Waals surface area contributed by atoms with Crippen LogP contribution in [0.3, 0.4) is 0 Å². The zero-order valence-electron chi connectivity index (χ0n) is 16.7. The Morgan fingerprint density at radius 2 is 1.90 bits per heavy atom. The van der Waals surface area contributed by atoms with Gasteiger partial charge in [-0.3, -0.25) is 14.4 Å². The van der Waals surface area contributed by atoms with Gasteiger partial charge in [0.1, 0.15) is 16.3 Å². The van der Waals surface area contributed by atoms with Crippen molar-refractivity contribution >= 4 is 17.2 Å². The number of aromatic nitrogens is 4. The fourth-order valence-electron chi connectivity index (χ4n) is 3.04. The zero-order valence-corrected chi connectivity index (χ0v) is 17.5. The Bertz CT molecular complexity index is 1340. The van der Waals surface area contributed by atoms with Crippen LogP contribution in [0, 0.1) is 6.92 Å². The number of rotatable bonds is 6. The Morgan fingerprint density at radius 3 is 2.68 bits per heavy atom. The molecule has 0 unspecified atom stereocenters. The molecule has 2 N–H and O–H groups in total. The minimum atomic E-state index is -0.503. The Labute approximate surface area is 181 Å². The SMILES string of the molecule is Cc1nc(-c2ccccc2)sc1-c1ccc(=O)n(CCNC(=O)c2ccc[nH]c2=O)n1. The predicted molar refractivity (Wildman–Crippen MR) is 119 cm³/mol. The maximum atomic E-state index is 12.2. The van der Waals surface area contributed by atoms with Crippen LogP contribution >= 0.6 is 11.3 Å². The van der Waals surface area contributed by atoms with Crippen LogP contribution in [-0.4, -0.2) is 32.2 Å². The van der Waals surface area contributed by atoms with Crippen LogP contribution in [0.15, 0.2) is 70.4 Å². The topological polar surface area (TPSA) is 110 Å². The second-order valence-corrected chi connectivity index (χ2v) is 7.75. The summed E-state index contributed by atoms with van der Waals surface area (Å²) in [6.07, 6.45) is 1.46. The molecule has 8 nitrogen and oxygen atoms in total. The maximum Gasteiger partial charge on any atom is 0.266 e. The van der Waals surface area contributed by atoms with Gasteiger partial charge in [0, 0.05) is 24.4 Å². The molecule has 1 aromatic carbocycles. The van der Waals surface area contributed by atoms with Gasteiger partial charge in [-0.15, -0.1) is 11.3 Å². The van der Waals surface area contributed by atoms with E-state index in [0.717, 1.165) is 21.1 Å². The molecule has 31 heavy (non-hydrogen) atoms. The van der Waals surface area contributed by atoms with Crippen molar-refractivity contribution in [2.45, 2.75) is 13.5 Å². The first-order valence-electron chi connectivity index (χ1n) is 9.60. The van der Waals surface area contributed by atoms with Crippen LogP contribution in [0.4, 0.5) is 0 Å². The van der Waals surface area contributed by atoms with E-state index >= 15 is 0 Å². The Morgan fingerprint density at radius 1 is 1.10 bits per heavy atom. The molecular weight excluding hydrogens is 414 g/mol. The Hall–Kier alpha value is -3.85. The number of H-pyrrole nitrogens is 1. The molecule has 3 heterocycles. The molecule has 0 radical (unpaired) electrons. The second-order valence-electron chi connectivity index (χ2n) is 6.75. The number of carbonyl (C=O) groups is 1. The number of amides is 1. The van der Waals surface area contributed by atoms with Crippen molar-refractivity contribution in [1.29, 1.82) is 0 Å². The number of thiazole rings is 1. The highest BCUT2D eigenvalue weighted by atomic mass is 32.1. The summed E-state index contributed by atoms with van der Waals surface area (Å²) in [6, 6.07) is 16.0. The van der Waals surface area contributed by atoms with Crippen LogP contribution in [0.25, 0.3) is 21.1 Å². The molecule has 4 aromatic rings. The van der Waals surface area contributed by atoms with Gasteiger partial charge in [0.2, 0.25) is 0 Å².